The average Bonchev–Trinajstić information content (AvgIpc) is 3.34. The van der Waals surface area contributed by atoms with Gasteiger partial charge in [-0.3, -0.25) is 4.79 Å². The molecule has 0 aliphatic heterocycles. The molecule has 0 bridgehead atoms. The van der Waals surface area contributed by atoms with Crippen molar-refractivity contribution in [1.29, 1.82) is 0 Å². The minimum absolute atomic E-state index is 0.0139. The summed E-state index contributed by atoms with van der Waals surface area (Å²) in [6.07, 6.45) is 1.50. The maximum absolute atomic E-state index is 13.3. The number of carbonyl (C=O) groups excluding carboxylic acids is 1. The molecule has 0 saturated heterocycles. The first-order valence-electron chi connectivity index (χ1n) is 11.7. The average molecular weight is 549 g/mol. The molecule has 0 atom stereocenters. The minimum atomic E-state index is -0.433. The first-order chi connectivity index (χ1) is 18.8. The highest BCUT2D eigenvalue weighted by molar-refractivity contribution is 6.32. The fraction of sp³-hybridized carbons (Fsp3) is 0.107. The zero-order valence-corrected chi connectivity index (χ0v) is 21.7. The number of methoxy groups -OCH3 is 1. The number of halogens is 2. The van der Waals surface area contributed by atoms with Crippen LogP contribution >= 0.6 is 11.6 Å². The van der Waals surface area contributed by atoms with Crippen LogP contribution in [0.5, 0.6) is 5.75 Å². The first-order valence-corrected chi connectivity index (χ1v) is 12.1. The Hall–Kier alpha value is -4.67. The monoisotopic (exact) mass is 548 g/mol. The van der Waals surface area contributed by atoms with E-state index < -0.39 is 5.91 Å². The number of nitrogen functional groups attached to an aromatic ring is 1. The number of anilines is 3. The van der Waals surface area contributed by atoms with Gasteiger partial charge in [-0.05, 0) is 59.7 Å². The van der Waals surface area contributed by atoms with Gasteiger partial charge < -0.3 is 31.2 Å². The number of carbonyl (C=O) groups is 1. The van der Waals surface area contributed by atoms with Crippen molar-refractivity contribution < 1.29 is 18.7 Å². The molecule has 200 valence electrons. The van der Waals surface area contributed by atoms with Gasteiger partial charge in [-0.25, -0.2) is 14.4 Å². The van der Waals surface area contributed by atoms with Crippen LogP contribution in [0.25, 0.3) is 22.3 Å². The Morgan fingerprint density at radius 2 is 1.87 bits per heavy atom. The van der Waals surface area contributed by atoms with Crippen LogP contribution in [-0.2, 0) is 16.1 Å². The lowest BCUT2D eigenvalue weighted by atomic mass is 10.1. The maximum atomic E-state index is 13.3. The van der Waals surface area contributed by atoms with Gasteiger partial charge in [0.15, 0.2) is 5.82 Å². The van der Waals surface area contributed by atoms with Crippen molar-refractivity contribution >= 4 is 45.7 Å². The zero-order valence-electron chi connectivity index (χ0n) is 20.9. The lowest BCUT2D eigenvalue weighted by Crippen LogP contribution is -2.16. The number of amides is 1. The molecule has 0 radical (unpaired) electrons. The second-order valence-electron chi connectivity index (χ2n) is 8.38. The molecule has 0 fully saturated rings. The van der Waals surface area contributed by atoms with Gasteiger partial charge in [0.05, 0.1) is 10.5 Å². The number of nitrogens with two attached hydrogens (primary N) is 2. The molecule has 5 rings (SSSR count). The first kappa shape index (κ1) is 27.4. The van der Waals surface area contributed by atoms with E-state index >= 15 is 0 Å². The molecule has 2 aromatic heterocycles. The molecular formula is C28H26ClFN6O3. The normalized spacial score (nSPS) is 10.5. The number of aromatic amines is 1. The molecule has 1 amide bonds. The van der Waals surface area contributed by atoms with Gasteiger partial charge in [0, 0.05) is 24.2 Å². The fourth-order valence-corrected chi connectivity index (χ4v) is 3.85. The molecule has 11 heteroatoms. The van der Waals surface area contributed by atoms with Crippen molar-refractivity contribution in [2.45, 2.75) is 6.61 Å². The smallest absolute Gasteiger partial charge is 0.243 e. The van der Waals surface area contributed by atoms with Crippen LogP contribution in [-0.4, -0.2) is 34.6 Å². The number of hydrogen-bond acceptors (Lipinski definition) is 7. The van der Waals surface area contributed by atoms with E-state index in [1.54, 1.807) is 24.3 Å². The van der Waals surface area contributed by atoms with E-state index in [4.69, 9.17) is 22.1 Å². The quantitative estimate of drug-likeness (QED) is 0.189. The molecule has 3 aromatic carbocycles. The van der Waals surface area contributed by atoms with Crippen LogP contribution in [0.1, 0.15) is 5.56 Å². The predicted molar refractivity (Wildman–Crippen MR) is 150 cm³/mol. The summed E-state index contributed by atoms with van der Waals surface area (Å²) in [7, 11) is 1.42. The number of hydrogen-bond donors (Lipinski definition) is 4. The van der Waals surface area contributed by atoms with Crippen molar-refractivity contribution in [1.82, 2.24) is 15.0 Å². The number of nitrogens with one attached hydrogen (secondary N) is 2. The number of fused-ring (bicyclic) bond motifs is 1. The van der Waals surface area contributed by atoms with Gasteiger partial charge >= 0.3 is 0 Å². The molecule has 0 aliphatic carbocycles. The Bertz CT molecular complexity index is 1580. The molecule has 9 nitrogen and oxygen atoms in total. The Labute approximate surface area is 228 Å². The molecular weight excluding hydrogens is 523 g/mol. The molecule has 0 unspecified atom stereocenters. The Balaban J connectivity index is 0.000000531. The third kappa shape index (κ3) is 7.44. The van der Waals surface area contributed by atoms with Crippen molar-refractivity contribution in [3.63, 3.8) is 0 Å². The second-order valence-corrected chi connectivity index (χ2v) is 8.78. The van der Waals surface area contributed by atoms with E-state index in [2.05, 4.69) is 30.7 Å². The van der Waals surface area contributed by atoms with Crippen molar-refractivity contribution in [3.8, 4) is 17.0 Å². The van der Waals surface area contributed by atoms with E-state index in [1.165, 1.54) is 25.6 Å². The van der Waals surface area contributed by atoms with Gasteiger partial charge in [0.25, 0.3) is 0 Å². The number of ether oxygens (including phenoxy) is 2. The standard InChI is InChI=1S/C25H19ClFN5O.C3H7NO2/c26-20-11-19(8-9-23(20)33-13-15-2-1-3-17(27)10-15)31-25-24-22(29-14-30-25)12-21(32-24)16-4-6-18(28)7-5-16;1-6-2-3(4)5/h1-12,14,32H,13,28H2,(H,29,30,31);2H2,1H3,(H2,4,5). The summed E-state index contributed by atoms with van der Waals surface area (Å²) in [4.78, 5) is 21.8. The molecule has 0 spiro atoms. The Morgan fingerprint density at radius 1 is 1.08 bits per heavy atom. The summed E-state index contributed by atoms with van der Waals surface area (Å²) >= 11 is 6.42. The summed E-state index contributed by atoms with van der Waals surface area (Å²) in [5.41, 5.74) is 16.0. The van der Waals surface area contributed by atoms with Gasteiger partial charge in [-0.1, -0.05) is 35.9 Å². The summed E-state index contributed by atoms with van der Waals surface area (Å²) in [6.45, 7) is 0.229. The summed E-state index contributed by atoms with van der Waals surface area (Å²) in [5.74, 6) is 0.385. The number of H-pyrrole nitrogens is 1. The number of benzene rings is 3. The van der Waals surface area contributed by atoms with Crippen LogP contribution in [0, 0.1) is 5.82 Å². The van der Waals surface area contributed by atoms with Crippen LogP contribution in [0.4, 0.5) is 21.6 Å². The predicted octanol–water partition coefficient (Wildman–Crippen LogP) is 5.44. The van der Waals surface area contributed by atoms with Gasteiger partial charge in [-0.15, -0.1) is 0 Å². The van der Waals surface area contributed by atoms with Crippen molar-refractivity contribution in [2.24, 2.45) is 5.73 Å². The molecule has 6 N–H and O–H groups in total. The highest BCUT2D eigenvalue weighted by Gasteiger charge is 2.11. The van der Waals surface area contributed by atoms with E-state index in [0.29, 0.717) is 22.3 Å². The van der Waals surface area contributed by atoms with Gasteiger partial charge in [-0.2, -0.15) is 0 Å². The Kier molecular flexibility index (Phi) is 8.93. The summed E-state index contributed by atoms with van der Waals surface area (Å²) in [6, 6.07) is 21.2. The van der Waals surface area contributed by atoms with Gasteiger partial charge in [0.2, 0.25) is 5.91 Å². The van der Waals surface area contributed by atoms with Crippen LogP contribution in [0.15, 0.2) is 79.1 Å². The van der Waals surface area contributed by atoms with Crippen LogP contribution in [0.3, 0.4) is 0 Å². The molecule has 5 aromatic rings. The number of nitrogens with zero attached hydrogens (tertiary/aromatic N) is 2. The van der Waals surface area contributed by atoms with Crippen molar-refractivity contribution in [2.75, 3.05) is 24.8 Å². The van der Waals surface area contributed by atoms with E-state index in [1.807, 2.05) is 36.4 Å². The lowest BCUT2D eigenvalue weighted by molar-refractivity contribution is -0.121. The lowest BCUT2D eigenvalue weighted by Gasteiger charge is -2.11. The minimum Gasteiger partial charge on any atom is -0.487 e. The molecule has 0 aliphatic rings. The van der Waals surface area contributed by atoms with E-state index in [9.17, 15) is 9.18 Å². The van der Waals surface area contributed by atoms with Gasteiger partial charge in [0.1, 0.15) is 36.6 Å². The number of aromatic nitrogens is 3. The molecule has 39 heavy (non-hydrogen) atoms. The van der Waals surface area contributed by atoms with E-state index in [0.717, 1.165) is 33.5 Å². The largest absolute Gasteiger partial charge is 0.487 e. The highest BCUT2D eigenvalue weighted by Crippen LogP contribution is 2.32. The molecule has 0 saturated carbocycles. The summed E-state index contributed by atoms with van der Waals surface area (Å²) < 4.78 is 23.4. The van der Waals surface area contributed by atoms with E-state index in [-0.39, 0.29) is 19.0 Å². The number of rotatable bonds is 8. The third-order valence-electron chi connectivity index (χ3n) is 5.40. The summed E-state index contributed by atoms with van der Waals surface area (Å²) in [5, 5.41) is 3.70. The topological polar surface area (TPSA) is 141 Å². The van der Waals surface area contributed by atoms with Crippen LogP contribution in [0.2, 0.25) is 5.02 Å². The second kappa shape index (κ2) is 12.7. The SMILES string of the molecule is COCC(N)=O.Nc1ccc(-c2cc3ncnc(Nc4ccc(OCc5cccc(F)c5)c(Cl)c4)c3[nH]2)cc1. The third-order valence-corrected chi connectivity index (χ3v) is 5.70. The Morgan fingerprint density at radius 3 is 2.54 bits per heavy atom. The highest BCUT2D eigenvalue weighted by atomic mass is 35.5. The van der Waals surface area contributed by atoms with Crippen molar-refractivity contribution in [3.05, 3.63) is 95.5 Å². The molecule has 2 heterocycles. The van der Waals surface area contributed by atoms with Crippen LogP contribution < -0.4 is 21.5 Å². The number of primary amides is 1. The zero-order chi connectivity index (χ0) is 27.8. The maximum Gasteiger partial charge on any atom is 0.243 e. The fourth-order valence-electron chi connectivity index (χ4n) is 3.61.